The van der Waals surface area contributed by atoms with Gasteiger partial charge in [0.15, 0.2) is 0 Å². The first-order valence-electron chi connectivity index (χ1n) is 7.35. The van der Waals surface area contributed by atoms with Crippen LogP contribution in [0.3, 0.4) is 0 Å². The van der Waals surface area contributed by atoms with Gasteiger partial charge in [0.1, 0.15) is 5.75 Å². The van der Waals surface area contributed by atoms with Crippen molar-refractivity contribution in [3.63, 3.8) is 0 Å². The zero-order valence-electron chi connectivity index (χ0n) is 12.7. The van der Waals surface area contributed by atoms with Crippen LogP contribution in [0.25, 0.3) is 0 Å². The van der Waals surface area contributed by atoms with E-state index < -0.39 is 0 Å². The van der Waals surface area contributed by atoms with Crippen LogP contribution in [0.5, 0.6) is 5.75 Å². The molecule has 1 amide bonds. The molecule has 0 spiro atoms. The van der Waals surface area contributed by atoms with Crippen LogP contribution in [0.2, 0.25) is 0 Å². The normalized spacial score (nSPS) is 10.4. The smallest absolute Gasteiger partial charge is 0.222 e. The molecule has 4 heteroatoms. The highest BCUT2D eigenvalue weighted by atomic mass is 32.2. The summed E-state index contributed by atoms with van der Waals surface area (Å²) in [7, 11) is 1.84. The van der Waals surface area contributed by atoms with E-state index in [0.29, 0.717) is 13.0 Å². The maximum atomic E-state index is 12.1. The van der Waals surface area contributed by atoms with Gasteiger partial charge in [0.25, 0.3) is 0 Å². The molecule has 22 heavy (non-hydrogen) atoms. The number of phenols is 1. The van der Waals surface area contributed by atoms with E-state index in [1.807, 2.05) is 49.5 Å². The Labute approximate surface area is 136 Å². The van der Waals surface area contributed by atoms with E-state index in [4.69, 9.17) is 0 Å². The first-order valence-corrected chi connectivity index (χ1v) is 8.33. The van der Waals surface area contributed by atoms with Gasteiger partial charge in [-0.1, -0.05) is 36.4 Å². The molecule has 0 aliphatic rings. The summed E-state index contributed by atoms with van der Waals surface area (Å²) in [5.41, 5.74) is 1.15. The monoisotopic (exact) mass is 315 g/mol. The van der Waals surface area contributed by atoms with Gasteiger partial charge in [-0.05, 0) is 35.9 Å². The lowest BCUT2D eigenvalue weighted by Crippen LogP contribution is -2.25. The second-order valence-electron chi connectivity index (χ2n) is 5.18. The zero-order valence-corrected chi connectivity index (χ0v) is 13.6. The Hall–Kier alpha value is -1.94. The van der Waals surface area contributed by atoms with Crippen molar-refractivity contribution >= 4 is 17.7 Å². The summed E-state index contributed by atoms with van der Waals surface area (Å²) in [5, 5.41) is 9.40. The molecule has 1 N–H and O–H groups in total. The highest BCUT2D eigenvalue weighted by Crippen LogP contribution is 2.23. The van der Waals surface area contributed by atoms with Crippen molar-refractivity contribution in [1.29, 1.82) is 0 Å². The van der Waals surface area contributed by atoms with Crippen LogP contribution in [0.4, 0.5) is 0 Å². The van der Waals surface area contributed by atoms with Gasteiger partial charge in [-0.25, -0.2) is 0 Å². The van der Waals surface area contributed by atoms with Crippen molar-refractivity contribution in [1.82, 2.24) is 4.90 Å². The summed E-state index contributed by atoms with van der Waals surface area (Å²) in [6, 6.07) is 17.2. The van der Waals surface area contributed by atoms with Gasteiger partial charge in [0, 0.05) is 24.9 Å². The number of amides is 1. The minimum absolute atomic E-state index is 0.167. The molecule has 0 heterocycles. The Kier molecular flexibility index (Phi) is 6.34. The largest absolute Gasteiger partial charge is 0.508 e. The average molecular weight is 315 g/mol. The van der Waals surface area contributed by atoms with E-state index in [1.165, 1.54) is 0 Å². The number of phenolic OH excluding ortho intramolecular Hbond substituents is 1. The molecule has 0 saturated heterocycles. The lowest BCUT2D eigenvalue weighted by Gasteiger charge is -2.17. The third kappa shape index (κ3) is 5.45. The highest BCUT2D eigenvalue weighted by molar-refractivity contribution is 7.99. The molecule has 2 aromatic carbocycles. The maximum absolute atomic E-state index is 12.1. The quantitative estimate of drug-likeness (QED) is 0.622. The van der Waals surface area contributed by atoms with E-state index in [9.17, 15) is 9.90 Å². The van der Waals surface area contributed by atoms with E-state index in [0.717, 1.165) is 22.6 Å². The molecule has 0 aliphatic carbocycles. The average Bonchev–Trinajstić information content (AvgIpc) is 2.52. The minimum atomic E-state index is 0.167. The van der Waals surface area contributed by atoms with Crippen molar-refractivity contribution < 1.29 is 9.90 Å². The van der Waals surface area contributed by atoms with Gasteiger partial charge in [0.2, 0.25) is 5.91 Å². The van der Waals surface area contributed by atoms with Gasteiger partial charge in [-0.15, -0.1) is 11.8 Å². The predicted molar refractivity (Wildman–Crippen MR) is 91.0 cm³/mol. The summed E-state index contributed by atoms with van der Waals surface area (Å²) >= 11 is 1.66. The van der Waals surface area contributed by atoms with Crippen LogP contribution in [-0.2, 0) is 11.3 Å². The molecule has 0 saturated carbocycles. The van der Waals surface area contributed by atoms with Gasteiger partial charge < -0.3 is 10.0 Å². The minimum Gasteiger partial charge on any atom is -0.508 e. The number of benzene rings is 2. The predicted octanol–water partition coefficient (Wildman–Crippen LogP) is 3.92. The summed E-state index contributed by atoms with van der Waals surface area (Å²) in [6.45, 7) is 0.652. The number of hydrogen-bond acceptors (Lipinski definition) is 3. The number of thioether (sulfide) groups is 1. The molecule has 2 rings (SSSR count). The van der Waals surface area contributed by atoms with Crippen molar-refractivity contribution in [2.45, 2.75) is 24.3 Å². The molecule has 3 nitrogen and oxygen atoms in total. The van der Waals surface area contributed by atoms with Crippen LogP contribution in [-0.4, -0.2) is 28.7 Å². The van der Waals surface area contributed by atoms with Gasteiger partial charge >= 0.3 is 0 Å². The van der Waals surface area contributed by atoms with Crippen LogP contribution in [0.15, 0.2) is 59.5 Å². The topological polar surface area (TPSA) is 40.5 Å². The van der Waals surface area contributed by atoms with Crippen molar-refractivity contribution in [2.75, 3.05) is 12.8 Å². The number of carbonyl (C=O) groups is 1. The standard InChI is InChI=1S/C18H21NO2S/c1-19(14-15-7-3-2-4-8-15)18(21)11-6-12-22-17-10-5-9-16(20)13-17/h2-5,7-10,13,20H,6,11-12,14H2,1H3. The Bertz CT molecular complexity index is 601. The van der Waals surface area contributed by atoms with Crippen LogP contribution < -0.4 is 0 Å². The third-order valence-corrected chi connectivity index (χ3v) is 4.39. The number of nitrogens with zero attached hydrogens (tertiary/aromatic N) is 1. The SMILES string of the molecule is CN(Cc1ccccc1)C(=O)CCCSc1cccc(O)c1. The van der Waals surface area contributed by atoms with Crippen molar-refractivity contribution in [2.24, 2.45) is 0 Å². The molecule has 0 aliphatic heterocycles. The number of carbonyl (C=O) groups excluding carboxylic acids is 1. The molecule has 0 bridgehead atoms. The Morgan fingerprint density at radius 1 is 1.14 bits per heavy atom. The summed E-state index contributed by atoms with van der Waals surface area (Å²) in [5.74, 6) is 1.32. The highest BCUT2D eigenvalue weighted by Gasteiger charge is 2.08. The molecule has 0 atom stereocenters. The second-order valence-corrected chi connectivity index (χ2v) is 6.35. The fraction of sp³-hybridized carbons (Fsp3) is 0.278. The lowest BCUT2D eigenvalue weighted by molar-refractivity contribution is -0.130. The molecule has 0 unspecified atom stereocenters. The zero-order chi connectivity index (χ0) is 15.8. The van der Waals surface area contributed by atoms with Crippen molar-refractivity contribution in [3.05, 3.63) is 60.2 Å². The molecule has 0 aromatic heterocycles. The molecule has 0 radical (unpaired) electrons. The van der Waals surface area contributed by atoms with Crippen LogP contribution in [0, 0.1) is 0 Å². The van der Waals surface area contributed by atoms with E-state index >= 15 is 0 Å². The first-order chi connectivity index (χ1) is 10.6. The number of aromatic hydroxyl groups is 1. The summed E-state index contributed by atoms with van der Waals surface area (Å²) < 4.78 is 0. The molecule has 0 fully saturated rings. The van der Waals surface area contributed by atoms with E-state index in [-0.39, 0.29) is 11.7 Å². The Balaban J connectivity index is 1.69. The van der Waals surface area contributed by atoms with Crippen LogP contribution in [0.1, 0.15) is 18.4 Å². The molecular formula is C18H21NO2S. The number of rotatable bonds is 7. The molecular weight excluding hydrogens is 294 g/mol. The fourth-order valence-corrected chi connectivity index (χ4v) is 3.03. The molecule has 116 valence electrons. The summed E-state index contributed by atoms with van der Waals surface area (Å²) in [4.78, 5) is 14.9. The van der Waals surface area contributed by atoms with Crippen molar-refractivity contribution in [3.8, 4) is 5.75 Å². The number of hydrogen-bond donors (Lipinski definition) is 1. The van der Waals surface area contributed by atoms with E-state index in [2.05, 4.69) is 0 Å². The maximum Gasteiger partial charge on any atom is 0.222 e. The van der Waals surface area contributed by atoms with Gasteiger partial charge in [0.05, 0.1) is 0 Å². The fourth-order valence-electron chi connectivity index (χ4n) is 2.12. The third-order valence-electron chi connectivity index (χ3n) is 3.31. The first kappa shape index (κ1) is 16.4. The van der Waals surface area contributed by atoms with Gasteiger partial charge in [-0.3, -0.25) is 4.79 Å². The Morgan fingerprint density at radius 2 is 1.91 bits per heavy atom. The Morgan fingerprint density at radius 3 is 2.64 bits per heavy atom. The van der Waals surface area contributed by atoms with Gasteiger partial charge in [-0.2, -0.15) is 0 Å². The van der Waals surface area contributed by atoms with Crippen LogP contribution >= 0.6 is 11.8 Å². The summed E-state index contributed by atoms with van der Waals surface area (Å²) in [6.07, 6.45) is 1.38. The van der Waals surface area contributed by atoms with E-state index in [1.54, 1.807) is 28.8 Å². The lowest BCUT2D eigenvalue weighted by atomic mass is 10.2. The molecule has 2 aromatic rings. The second kappa shape index (κ2) is 8.49.